The average molecular weight is 292 g/mol. The van der Waals surface area contributed by atoms with Crippen molar-refractivity contribution in [1.29, 1.82) is 0 Å². The van der Waals surface area contributed by atoms with Crippen LogP contribution in [0.2, 0.25) is 0 Å². The van der Waals surface area contributed by atoms with Gasteiger partial charge in [0.15, 0.2) is 5.75 Å². The molecule has 7 nitrogen and oxygen atoms in total. The molecule has 1 rings (SSSR count). The van der Waals surface area contributed by atoms with E-state index < -0.39 is 16.4 Å². The highest BCUT2D eigenvalue weighted by atomic mass is 35.5. The molecule has 0 aliphatic carbocycles. The molecule has 1 atom stereocenters. The number of hydrogen-bond donors (Lipinski definition) is 3. The van der Waals surface area contributed by atoms with E-state index in [0.29, 0.717) is 18.5 Å². The number of nitro groups is 1. The molecule has 0 aliphatic heterocycles. The van der Waals surface area contributed by atoms with Gasteiger partial charge in [-0.05, 0) is 31.0 Å². The van der Waals surface area contributed by atoms with Gasteiger partial charge in [-0.1, -0.05) is 0 Å². The van der Waals surface area contributed by atoms with E-state index in [1.54, 1.807) is 0 Å². The van der Waals surface area contributed by atoms with Crippen LogP contribution in [-0.4, -0.2) is 23.7 Å². The van der Waals surface area contributed by atoms with Crippen molar-refractivity contribution >= 4 is 18.1 Å². The van der Waals surface area contributed by atoms with Gasteiger partial charge in [-0.25, -0.2) is 0 Å². The molecule has 0 aromatic heterocycles. The molecule has 0 heterocycles. The van der Waals surface area contributed by atoms with Gasteiger partial charge in [-0.15, -0.1) is 12.4 Å². The van der Waals surface area contributed by atoms with Crippen molar-refractivity contribution in [1.82, 2.24) is 0 Å². The van der Waals surface area contributed by atoms with Crippen molar-refractivity contribution in [2.75, 3.05) is 13.7 Å². The van der Waals surface area contributed by atoms with E-state index in [-0.39, 0.29) is 24.2 Å². The van der Waals surface area contributed by atoms with E-state index in [1.165, 1.54) is 19.2 Å². The highest BCUT2D eigenvalue weighted by molar-refractivity contribution is 5.85. The van der Waals surface area contributed by atoms with Crippen LogP contribution in [0.3, 0.4) is 0 Å². The first-order valence-corrected chi connectivity index (χ1v) is 5.52. The molecular formula is C11H18ClN3O4. The first-order chi connectivity index (χ1) is 8.51. The van der Waals surface area contributed by atoms with Gasteiger partial charge in [-0.3, -0.25) is 10.1 Å². The molecule has 0 spiro atoms. The summed E-state index contributed by atoms with van der Waals surface area (Å²) < 4.78 is 4.90. The Hall–Kier alpha value is -1.57. The lowest BCUT2D eigenvalue weighted by molar-refractivity contribution is -0.386. The highest BCUT2D eigenvalue weighted by Crippen LogP contribution is 2.38. The van der Waals surface area contributed by atoms with Gasteiger partial charge in [0, 0.05) is 12.1 Å². The van der Waals surface area contributed by atoms with Crippen LogP contribution in [0.5, 0.6) is 11.5 Å². The maximum atomic E-state index is 10.8. The van der Waals surface area contributed by atoms with E-state index >= 15 is 0 Å². The first kappa shape index (κ1) is 17.4. The predicted molar refractivity (Wildman–Crippen MR) is 73.8 cm³/mol. The largest absolute Gasteiger partial charge is 0.500 e. The Morgan fingerprint density at radius 3 is 2.63 bits per heavy atom. The molecule has 0 saturated carbocycles. The molecule has 0 fully saturated rings. The zero-order valence-corrected chi connectivity index (χ0v) is 11.4. The van der Waals surface area contributed by atoms with E-state index in [9.17, 15) is 15.2 Å². The van der Waals surface area contributed by atoms with Crippen LogP contribution in [0.15, 0.2) is 12.1 Å². The summed E-state index contributed by atoms with van der Waals surface area (Å²) in [5.74, 6) is -0.445. The lowest BCUT2D eigenvalue weighted by atomic mass is 10.0. The number of phenols is 1. The summed E-state index contributed by atoms with van der Waals surface area (Å²) in [6, 6.07) is 2.39. The fourth-order valence-corrected chi connectivity index (χ4v) is 1.63. The molecule has 0 radical (unpaired) electrons. The summed E-state index contributed by atoms with van der Waals surface area (Å²) >= 11 is 0. The van der Waals surface area contributed by atoms with Gasteiger partial charge >= 0.3 is 5.69 Å². The van der Waals surface area contributed by atoms with Crippen molar-refractivity contribution in [2.45, 2.75) is 18.9 Å². The van der Waals surface area contributed by atoms with Gasteiger partial charge in [0.1, 0.15) is 0 Å². The molecule has 0 aliphatic rings. The molecule has 1 aromatic carbocycles. The third-order valence-electron chi connectivity index (χ3n) is 2.64. The summed E-state index contributed by atoms with van der Waals surface area (Å²) in [6.45, 7) is 0.505. The fourth-order valence-electron chi connectivity index (χ4n) is 1.63. The van der Waals surface area contributed by atoms with Gasteiger partial charge in [-0.2, -0.15) is 0 Å². The molecule has 1 aromatic rings. The third-order valence-corrected chi connectivity index (χ3v) is 2.64. The van der Waals surface area contributed by atoms with Crippen LogP contribution in [0.1, 0.15) is 24.4 Å². The van der Waals surface area contributed by atoms with E-state index in [0.717, 1.165) is 6.42 Å². The minimum absolute atomic E-state index is 0. The first-order valence-electron chi connectivity index (χ1n) is 5.52. The zero-order valence-electron chi connectivity index (χ0n) is 10.5. The Labute approximate surface area is 117 Å². The number of hydrogen-bond acceptors (Lipinski definition) is 6. The molecule has 8 heteroatoms. The summed E-state index contributed by atoms with van der Waals surface area (Å²) in [5, 5.41) is 20.4. The topological polar surface area (TPSA) is 125 Å². The third kappa shape index (κ3) is 4.23. The maximum absolute atomic E-state index is 10.8. The Bertz CT molecular complexity index is 442. The monoisotopic (exact) mass is 291 g/mol. The van der Waals surface area contributed by atoms with Gasteiger partial charge < -0.3 is 21.3 Å². The normalized spacial score (nSPS) is 11.5. The predicted octanol–water partition coefficient (Wildman–Crippen LogP) is 1.47. The molecule has 0 bridgehead atoms. The minimum atomic E-state index is -0.670. The second-order valence-corrected chi connectivity index (χ2v) is 3.89. The van der Waals surface area contributed by atoms with Crippen LogP contribution < -0.4 is 16.2 Å². The number of nitrogens with zero attached hydrogens (tertiary/aromatic N) is 1. The number of phenolic OH excluding ortho intramolecular Hbond substituents is 1. The summed E-state index contributed by atoms with van der Waals surface area (Å²) in [5.41, 5.74) is 11.4. The minimum Gasteiger partial charge on any atom is -0.500 e. The lowest BCUT2D eigenvalue weighted by Crippen LogP contribution is -2.13. The maximum Gasteiger partial charge on any atom is 0.314 e. The number of benzene rings is 1. The average Bonchev–Trinajstić information content (AvgIpc) is 2.35. The summed E-state index contributed by atoms with van der Waals surface area (Å²) in [4.78, 5) is 10.1. The molecule has 0 amide bonds. The van der Waals surface area contributed by atoms with E-state index in [2.05, 4.69) is 0 Å². The SMILES string of the molecule is COc1cc([C@H](N)CCCN)cc([N+](=O)[O-])c1O.Cl. The van der Waals surface area contributed by atoms with Gasteiger partial charge in [0.25, 0.3) is 0 Å². The second kappa shape index (κ2) is 7.78. The number of halogens is 1. The van der Waals surface area contributed by atoms with Crippen LogP contribution in [0, 0.1) is 10.1 Å². The smallest absolute Gasteiger partial charge is 0.314 e. The number of methoxy groups -OCH3 is 1. The number of rotatable bonds is 6. The number of nitro benzene ring substituents is 1. The molecule has 108 valence electrons. The van der Waals surface area contributed by atoms with Crippen molar-refractivity contribution in [3.63, 3.8) is 0 Å². The van der Waals surface area contributed by atoms with Crippen molar-refractivity contribution in [3.05, 3.63) is 27.8 Å². The van der Waals surface area contributed by atoms with Crippen LogP contribution >= 0.6 is 12.4 Å². The molecule has 19 heavy (non-hydrogen) atoms. The number of ether oxygens (including phenoxy) is 1. The van der Waals surface area contributed by atoms with Crippen molar-refractivity contribution in [3.8, 4) is 11.5 Å². The molecule has 0 unspecified atom stereocenters. The standard InChI is InChI=1S/C11H17N3O4.ClH/c1-18-10-6-7(8(13)3-2-4-12)5-9(11(10)15)14(16)17;/h5-6,8,15H,2-4,12-13H2,1H3;1H/t8-;/m1./s1. The molecular weight excluding hydrogens is 274 g/mol. The van der Waals surface area contributed by atoms with Crippen LogP contribution in [0.4, 0.5) is 5.69 Å². The number of aromatic hydroxyl groups is 1. The Balaban J connectivity index is 0.00000324. The van der Waals surface area contributed by atoms with Gasteiger partial charge in [0.2, 0.25) is 5.75 Å². The Kier molecular flexibility index (Phi) is 7.13. The van der Waals surface area contributed by atoms with Crippen LogP contribution in [-0.2, 0) is 0 Å². The summed E-state index contributed by atoms with van der Waals surface area (Å²) in [7, 11) is 1.33. The zero-order chi connectivity index (χ0) is 13.7. The van der Waals surface area contributed by atoms with Crippen LogP contribution in [0.25, 0.3) is 0 Å². The van der Waals surface area contributed by atoms with Crippen molar-refractivity contribution < 1.29 is 14.8 Å². The fraction of sp³-hybridized carbons (Fsp3) is 0.455. The van der Waals surface area contributed by atoms with E-state index in [1.807, 2.05) is 0 Å². The number of nitrogens with two attached hydrogens (primary N) is 2. The van der Waals surface area contributed by atoms with E-state index in [4.69, 9.17) is 16.2 Å². The van der Waals surface area contributed by atoms with Gasteiger partial charge in [0.05, 0.1) is 12.0 Å². The molecule has 0 saturated heterocycles. The quantitative estimate of drug-likeness (QED) is 0.538. The lowest BCUT2D eigenvalue weighted by Gasteiger charge is -2.13. The van der Waals surface area contributed by atoms with Crippen molar-refractivity contribution in [2.24, 2.45) is 11.5 Å². The molecule has 5 N–H and O–H groups in total. The Morgan fingerprint density at radius 2 is 2.16 bits per heavy atom. The second-order valence-electron chi connectivity index (χ2n) is 3.89. The highest BCUT2D eigenvalue weighted by Gasteiger charge is 2.21. The summed E-state index contributed by atoms with van der Waals surface area (Å²) in [6.07, 6.45) is 1.33. The Morgan fingerprint density at radius 1 is 1.53 bits per heavy atom.